The number of rotatable bonds is 4. The molecule has 1 aromatic carbocycles. The van der Waals surface area contributed by atoms with Crippen LogP contribution in [0.25, 0.3) is 0 Å². The van der Waals surface area contributed by atoms with Gasteiger partial charge in [0, 0.05) is 31.2 Å². The molecule has 0 atom stereocenters. The number of aliphatic carboxylic acids is 1. The summed E-state index contributed by atoms with van der Waals surface area (Å²) in [6, 6.07) is 6.15. The van der Waals surface area contributed by atoms with E-state index >= 15 is 0 Å². The van der Waals surface area contributed by atoms with Crippen LogP contribution in [0.2, 0.25) is 5.02 Å². The Bertz CT molecular complexity index is 479. The van der Waals surface area contributed by atoms with Crippen LogP contribution in [0.1, 0.15) is 17.5 Å². The van der Waals surface area contributed by atoms with Crippen molar-refractivity contribution in [1.29, 1.82) is 0 Å². The van der Waals surface area contributed by atoms with Gasteiger partial charge in [-0.3, -0.25) is 14.6 Å². The van der Waals surface area contributed by atoms with Crippen molar-refractivity contribution in [3.63, 3.8) is 0 Å². The summed E-state index contributed by atoms with van der Waals surface area (Å²) in [5.41, 5.74) is 2.31. The first-order valence-electron chi connectivity index (χ1n) is 6.96. The van der Waals surface area contributed by atoms with Crippen molar-refractivity contribution in [2.24, 2.45) is 0 Å². The van der Waals surface area contributed by atoms with Crippen molar-refractivity contribution >= 4 is 17.6 Å². The number of carboxylic acid groups (broad SMARTS) is 1. The lowest BCUT2D eigenvalue weighted by Gasteiger charge is -2.21. The summed E-state index contributed by atoms with van der Waals surface area (Å²) in [6.07, 6.45) is 0.997. The Kier molecular flexibility index (Phi) is 5.40. The maximum atomic E-state index is 10.8. The number of halogens is 1. The second kappa shape index (κ2) is 7.07. The molecule has 110 valence electrons. The van der Waals surface area contributed by atoms with Gasteiger partial charge in [0.15, 0.2) is 0 Å². The quantitative estimate of drug-likeness (QED) is 0.925. The number of hydrogen-bond acceptors (Lipinski definition) is 3. The first-order chi connectivity index (χ1) is 9.54. The zero-order chi connectivity index (χ0) is 14.5. The van der Waals surface area contributed by atoms with Gasteiger partial charge in [-0.05, 0) is 37.1 Å². The maximum absolute atomic E-state index is 10.8. The molecule has 1 aliphatic heterocycles. The summed E-state index contributed by atoms with van der Waals surface area (Å²) in [5, 5.41) is 9.66. The summed E-state index contributed by atoms with van der Waals surface area (Å²) in [7, 11) is 0. The average molecular weight is 297 g/mol. The van der Waals surface area contributed by atoms with Crippen molar-refractivity contribution in [1.82, 2.24) is 9.80 Å². The van der Waals surface area contributed by atoms with E-state index in [0.717, 1.165) is 49.7 Å². The van der Waals surface area contributed by atoms with Gasteiger partial charge < -0.3 is 5.11 Å². The molecule has 0 bridgehead atoms. The lowest BCUT2D eigenvalue weighted by Crippen LogP contribution is -2.34. The molecule has 0 saturated carbocycles. The number of aryl methyl sites for hydroxylation is 1. The monoisotopic (exact) mass is 296 g/mol. The van der Waals surface area contributed by atoms with E-state index in [-0.39, 0.29) is 6.54 Å². The Labute approximate surface area is 124 Å². The van der Waals surface area contributed by atoms with Gasteiger partial charge in [0.25, 0.3) is 0 Å². The predicted molar refractivity (Wildman–Crippen MR) is 80.2 cm³/mol. The topological polar surface area (TPSA) is 43.8 Å². The molecule has 1 saturated heterocycles. The van der Waals surface area contributed by atoms with Crippen molar-refractivity contribution in [2.45, 2.75) is 19.9 Å². The molecule has 2 rings (SSSR count). The molecule has 0 spiro atoms. The van der Waals surface area contributed by atoms with Gasteiger partial charge in [0.2, 0.25) is 0 Å². The molecule has 4 nitrogen and oxygen atoms in total. The molecule has 1 aromatic rings. The predicted octanol–water partition coefficient (Wildman–Crippen LogP) is 2.24. The third-order valence-electron chi connectivity index (χ3n) is 3.64. The van der Waals surface area contributed by atoms with Crippen LogP contribution in [-0.4, -0.2) is 53.6 Å². The molecule has 0 aliphatic carbocycles. The van der Waals surface area contributed by atoms with E-state index in [0.29, 0.717) is 0 Å². The fourth-order valence-corrected chi connectivity index (χ4v) is 2.85. The highest BCUT2D eigenvalue weighted by molar-refractivity contribution is 6.31. The average Bonchev–Trinajstić information content (AvgIpc) is 2.58. The molecule has 1 N–H and O–H groups in total. The minimum absolute atomic E-state index is 0.138. The van der Waals surface area contributed by atoms with Crippen LogP contribution in [0.15, 0.2) is 18.2 Å². The fraction of sp³-hybridized carbons (Fsp3) is 0.533. The third kappa shape index (κ3) is 4.47. The van der Waals surface area contributed by atoms with Crippen molar-refractivity contribution < 1.29 is 9.90 Å². The lowest BCUT2D eigenvalue weighted by atomic mass is 10.1. The number of hydrogen-bond donors (Lipinski definition) is 1. The molecule has 0 amide bonds. The molecule has 0 aromatic heterocycles. The van der Waals surface area contributed by atoms with E-state index in [9.17, 15) is 4.79 Å². The number of carboxylic acids is 1. The molecule has 0 radical (unpaired) electrons. The van der Waals surface area contributed by atoms with Gasteiger partial charge in [-0.25, -0.2) is 0 Å². The largest absolute Gasteiger partial charge is 0.480 e. The van der Waals surface area contributed by atoms with Crippen molar-refractivity contribution in [2.75, 3.05) is 32.7 Å². The summed E-state index contributed by atoms with van der Waals surface area (Å²) >= 11 is 6.27. The minimum atomic E-state index is -0.750. The smallest absolute Gasteiger partial charge is 0.317 e. The third-order valence-corrected chi connectivity index (χ3v) is 3.99. The SMILES string of the molecule is Cc1ccc(CN2CCCN(CC(=O)O)CC2)c(Cl)c1. The number of carbonyl (C=O) groups is 1. The molecular formula is C15H21ClN2O2. The van der Waals surface area contributed by atoms with Crippen LogP contribution < -0.4 is 0 Å². The Hall–Kier alpha value is -1.10. The highest BCUT2D eigenvalue weighted by Crippen LogP contribution is 2.20. The highest BCUT2D eigenvalue weighted by atomic mass is 35.5. The fourth-order valence-electron chi connectivity index (χ4n) is 2.55. The van der Waals surface area contributed by atoms with E-state index in [1.165, 1.54) is 5.56 Å². The van der Waals surface area contributed by atoms with Gasteiger partial charge in [-0.15, -0.1) is 0 Å². The van der Waals surface area contributed by atoms with Crippen LogP contribution in [0.5, 0.6) is 0 Å². The van der Waals surface area contributed by atoms with Crippen LogP contribution in [0.4, 0.5) is 0 Å². The second-order valence-corrected chi connectivity index (χ2v) is 5.80. The second-order valence-electron chi connectivity index (χ2n) is 5.39. The molecule has 5 heteroatoms. The van der Waals surface area contributed by atoms with Crippen LogP contribution in [0, 0.1) is 6.92 Å². The first-order valence-corrected chi connectivity index (χ1v) is 7.34. The van der Waals surface area contributed by atoms with E-state index in [1.807, 2.05) is 17.9 Å². The molecule has 20 heavy (non-hydrogen) atoms. The summed E-state index contributed by atoms with van der Waals surface area (Å²) in [5.74, 6) is -0.750. The van der Waals surface area contributed by atoms with E-state index < -0.39 is 5.97 Å². The van der Waals surface area contributed by atoms with Gasteiger partial charge in [-0.2, -0.15) is 0 Å². The maximum Gasteiger partial charge on any atom is 0.317 e. The zero-order valence-corrected chi connectivity index (χ0v) is 12.6. The standard InChI is InChI=1S/C15H21ClN2O2/c1-12-3-4-13(14(16)9-12)10-17-5-2-6-18(8-7-17)11-15(19)20/h3-4,9H,2,5-8,10-11H2,1H3,(H,19,20). The van der Waals surface area contributed by atoms with E-state index in [1.54, 1.807) is 0 Å². The first kappa shape index (κ1) is 15.3. The Morgan fingerprint density at radius 2 is 1.95 bits per heavy atom. The Morgan fingerprint density at radius 3 is 2.65 bits per heavy atom. The molecule has 0 unspecified atom stereocenters. The van der Waals surface area contributed by atoms with Gasteiger partial charge in [0.1, 0.15) is 0 Å². The molecule has 1 aliphatic rings. The normalized spacial score (nSPS) is 17.9. The molecule has 1 heterocycles. The Morgan fingerprint density at radius 1 is 1.25 bits per heavy atom. The summed E-state index contributed by atoms with van der Waals surface area (Å²) < 4.78 is 0. The minimum Gasteiger partial charge on any atom is -0.480 e. The van der Waals surface area contributed by atoms with Crippen molar-refractivity contribution in [3.05, 3.63) is 34.3 Å². The Balaban J connectivity index is 1.92. The van der Waals surface area contributed by atoms with Crippen LogP contribution in [-0.2, 0) is 11.3 Å². The van der Waals surface area contributed by atoms with Gasteiger partial charge in [0.05, 0.1) is 6.54 Å². The summed E-state index contributed by atoms with van der Waals surface area (Å²) in [4.78, 5) is 15.1. The molecule has 1 fully saturated rings. The lowest BCUT2D eigenvalue weighted by molar-refractivity contribution is -0.138. The van der Waals surface area contributed by atoms with Crippen molar-refractivity contribution in [3.8, 4) is 0 Å². The van der Waals surface area contributed by atoms with E-state index in [4.69, 9.17) is 16.7 Å². The van der Waals surface area contributed by atoms with Crippen LogP contribution in [0.3, 0.4) is 0 Å². The van der Waals surface area contributed by atoms with Gasteiger partial charge >= 0.3 is 5.97 Å². The summed E-state index contributed by atoms with van der Waals surface area (Å²) in [6.45, 7) is 6.53. The van der Waals surface area contributed by atoms with E-state index in [2.05, 4.69) is 17.0 Å². The number of nitrogens with zero attached hydrogens (tertiary/aromatic N) is 2. The highest BCUT2D eigenvalue weighted by Gasteiger charge is 2.17. The van der Waals surface area contributed by atoms with Crippen LogP contribution >= 0.6 is 11.6 Å². The molecular weight excluding hydrogens is 276 g/mol. The zero-order valence-electron chi connectivity index (χ0n) is 11.8. The van der Waals surface area contributed by atoms with Gasteiger partial charge in [-0.1, -0.05) is 23.7 Å². The number of benzene rings is 1.